The minimum absolute atomic E-state index is 0.191. The van der Waals surface area contributed by atoms with Crippen LogP contribution in [0.25, 0.3) is 22.0 Å². The fourth-order valence-corrected chi connectivity index (χ4v) is 4.57. The molecule has 2 aromatic carbocycles. The third kappa shape index (κ3) is 2.79. The molecule has 0 saturated carbocycles. The summed E-state index contributed by atoms with van der Waals surface area (Å²) in [4.78, 5) is 4.51. The van der Waals surface area contributed by atoms with E-state index in [9.17, 15) is 0 Å². The van der Waals surface area contributed by atoms with Crippen LogP contribution in [0.1, 0.15) is 30.4 Å². The van der Waals surface area contributed by atoms with E-state index < -0.39 is 0 Å². The van der Waals surface area contributed by atoms with Gasteiger partial charge >= 0.3 is 0 Å². The quantitative estimate of drug-likeness (QED) is 0.675. The first-order chi connectivity index (χ1) is 13.2. The number of nitrogens with one attached hydrogen (secondary N) is 1. The Bertz CT molecular complexity index is 1020. The first kappa shape index (κ1) is 16.7. The summed E-state index contributed by atoms with van der Waals surface area (Å²) in [6, 6.07) is 11.8. The molecular weight excluding hydrogens is 339 g/mol. The number of fused-ring (bicyclic) bond motifs is 2. The maximum absolute atomic E-state index is 15.0. The highest BCUT2D eigenvalue weighted by atomic mass is 19.1. The zero-order valence-corrected chi connectivity index (χ0v) is 15.5. The fourth-order valence-electron chi connectivity index (χ4n) is 4.57. The van der Waals surface area contributed by atoms with Crippen molar-refractivity contribution in [1.82, 2.24) is 10.3 Å². The van der Waals surface area contributed by atoms with Crippen LogP contribution in [0, 0.1) is 12.7 Å². The Labute approximate surface area is 158 Å². The number of hydrogen-bond donors (Lipinski definition) is 1. The molecule has 1 fully saturated rings. The summed E-state index contributed by atoms with van der Waals surface area (Å²) < 4.78 is 21.3. The highest BCUT2D eigenvalue weighted by Gasteiger charge is 2.38. The van der Waals surface area contributed by atoms with Crippen molar-refractivity contribution in [1.29, 1.82) is 0 Å². The van der Waals surface area contributed by atoms with Gasteiger partial charge in [-0.05, 0) is 86.1 Å². The summed E-state index contributed by atoms with van der Waals surface area (Å²) in [5.41, 5.74) is 4.78. The number of pyridine rings is 1. The molecule has 3 aromatic rings. The van der Waals surface area contributed by atoms with Crippen molar-refractivity contribution >= 4 is 10.9 Å². The van der Waals surface area contributed by atoms with Crippen LogP contribution in [0.5, 0.6) is 5.75 Å². The van der Waals surface area contributed by atoms with Crippen LogP contribution in [-0.2, 0) is 6.42 Å². The van der Waals surface area contributed by atoms with Gasteiger partial charge in [0.25, 0.3) is 0 Å². The van der Waals surface area contributed by atoms with Gasteiger partial charge in [-0.3, -0.25) is 4.98 Å². The Morgan fingerprint density at radius 1 is 1.11 bits per heavy atom. The molecular formula is C23H23FN2O. The minimum Gasteiger partial charge on any atom is -0.484 e. The van der Waals surface area contributed by atoms with Crippen LogP contribution >= 0.6 is 0 Å². The van der Waals surface area contributed by atoms with Crippen molar-refractivity contribution in [2.24, 2.45) is 0 Å². The second kappa shape index (κ2) is 6.31. The molecule has 0 unspecified atom stereocenters. The van der Waals surface area contributed by atoms with Crippen molar-refractivity contribution < 1.29 is 9.13 Å². The number of aryl methyl sites for hydroxylation is 2. The molecule has 3 heterocycles. The molecule has 0 bridgehead atoms. The Kier molecular flexibility index (Phi) is 3.90. The highest BCUT2D eigenvalue weighted by Crippen LogP contribution is 2.42. The lowest BCUT2D eigenvalue weighted by molar-refractivity contribution is 0.0132. The van der Waals surface area contributed by atoms with Crippen molar-refractivity contribution in [3.63, 3.8) is 0 Å². The van der Waals surface area contributed by atoms with E-state index in [0.717, 1.165) is 71.9 Å². The van der Waals surface area contributed by atoms with E-state index in [1.807, 2.05) is 6.07 Å². The van der Waals surface area contributed by atoms with Gasteiger partial charge < -0.3 is 10.1 Å². The van der Waals surface area contributed by atoms with Crippen LogP contribution in [0.3, 0.4) is 0 Å². The van der Waals surface area contributed by atoms with E-state index >= 15 is 4.39 Å². The first-order valence-corrected chi connectivity index (χ1v) is 9.72. The Morgan fingerprint density at radius 2 is 1.96 bits per heavy atom. The number of ether oxygens (including phenoxy) is 1. The summed E-state index contributed by atoms with van der Waals surface area (Å²) in [5.74, 6) is 0.212. The number of nitrogens with zero attached hydrogens (tertiary/aromatic N) is 1. The molecule has 1 spiro atoms. The van der Waals surface area contributed by atoms with E-state index in [1.54, 1.807) is 12.3 Å². The molecule has 138 valence electrons. The molecule has 2 aliphatic heterocycles. The van der Waals surface area contributed by atoms with Crippen LogP contribution in [0.4, 0.5) is 4.39 Å². The van der Waals surface area contributed by atoms with Crippen molar-refractivity contribution in [2.45, 2.75) is 38.2 Å². The summed E-state index contributed by atoms with van der Waals surface area (Å²) in [6.07, 6.45) is 5.53. The molecule has 0 radical (unpaired) electrons. The van der Waals surface area contributed by atoms with Crippen molar-refractivity contribution in [2.75, 3.05) is 13.1 Å². The van der Waals surface area contributed by atoms with Gasteiger partial charge in [-0.2, -0.15) is 0 Å². The fraction of sp³-hybridized carbons (Fsp3) is 0.348. The van der Waals surface area contributed by atoms with Crippen LogP contribution in [0.15, 0.2) is 42.6 Å². The molecule has 5 rings (SSSR count). The van der Waals surface area contributed by atoms with Gasteiger partial charge in [0.1, 0.15) is 5.60 Å². The smallest absolute Gasteiger partial charge is 0.166 e. The molecule has 0 amide bonds. The maximum atomic E-state index is 15.0. The Balaban J connectivity index is 1.57. The molecule has 2 aliphatic rings. The lowest BCUT2D eigenvalue weighted by Gasteiger charge is -2.41. The summed E-state index contributed by atoms with van der Waals surface area (Å²) in [5, 5.41) is 4.47. The molecule has 0 aliphatic carbocycles. The van der Waals surface area contributed by atoms with Gasteiger partial charge in [0.2, 0.25) is 0 Å². The van der Waals surface area contributed by atoms with Crippen LogP contribution in [-0.4, -0.2) is 23.7 Å². The predicted octanol–water partition coefficient (Wildman–Crippen LogP) is 4.80. The van der Waals surface area contributed by atoms with Gasteiger partial charge in [0.05, 0.1) is 5.52 Å². The minimum atomic E-state index is -0.249. The summed E-state index contributed by atoms with van der Waals surface area (Å²) in [7, 11) is 0. The predicted molar refractivity (Wildman–Crippen MR) is 106 cm³/mol. The zero-order valence-electron chi connectivity index (χ0n) is 15.5. The number of hydrogen-bond acceptors (Lipinski definition) is 3. The number of rotatable bonds is 1. The molecule has 1 N–H and O–H groups in total. The number of piperidine rings is 1. The normalized spacial score (nSPS) is 18.3. The molecule has 0 atom stereocenters. The second-order valence-corrected chi connectivity index (χ2v) is 7.79. The lowest BCUT2D eigenvalue weighted by atomic mass is 9.83. The first-order valence-electron chi connectivity index (χ1n) is 9.72. The summed E-state index contributed by atoms with van der Waals surface area (Å²) >= 11 is 0. The lowest BCUT2D eigenvalue weighted by Crippen LogP contribution is -2.48. The number of aromatic nitrogens is 1. The highest BCUT2D eigenvalue weighted by molar-refractivity contribution is 5.88. The number of halogens is 1. The molecule has 27 heavy (non-hydrogen) atoms. The third-order valence-corrected chi connectivity index (χ3v) is 6.14. The largest absolute Gasteiger partial charge is 0.484 e. The monoisotopic (exact) mass is 362 g/mol. The molecule has 1 aromatic heterocycles. The Hall–Kier alpha value is -2.46. The second-order valence-electron chi connectivity index (χ2n) is 7.79. The standard InChI is InChI=1S/C23H23FN2O/c1-15-19(5-4-16-3-2-10-26-21(15)16)18-13-17-6-7-23(8-11-25-12-9-23)27-22(17)20(24)14-18/h2-5,10,13-14,25H,6-9,11-12H2,1H3. The van der Waals surface area contributed by atoms with E-state index in [4.69, 9.17) is 4.74 Å². The Morgan fingerprint density at radius 3 is 2.81 bits per heavy atom. The van der Waals surface area contributed by atoms with E-state index in [2.05, 4.69) is 41.5 Å². The molecule has 4 heteroatoms. The maximum Gasteiger partial charge on any atom is 0.166 e. The van der Waals surface area contributed by atoms with Gasteiger partial charge in [0, 0.05) is 11.6 Å². The van der Waals surface area contributed by atoms with Crippen LogP contribution < -0.4 is 10.1 Å². The van der Waals surface area contributed by atoms with Gasteiger partial charge in [-0.15, -0.1) is 0 Å². The third-order valence-electron chi connectivity index (χ3n) is 6.14. The van der Waals surface area contributed by atoms with Gasteiger partial charge in [-0.1, -0.05) is 18.2 Å². The average molecular weight is 362 g/mol. The van der Waals surface area contributed by atoms with Crippen LogP contribution in [0.2, 0.25) is 0 Å². The molecule has 1 saturated heterocycles. The summed E-state index contributed by atoms with van der Waals surface area (Å²) in [6.45, 7) is 3.94. The van der Waals surface area contributed by atoms with E-state index in [0.29, 0.717) is 5.75 Å². The van der Waals surface area contributed by atoms with Crippen molar-refractivity contribution in [3.05, 3.63) is 59.5 Å². The number of benzene rings is 2. The van der Waals surface area contributed by atoms with Gasteiger partial charge in [0.15, 0.2) is 11.6 Å². The van der Waals surface area contributed by atoms with Gasteiger partial charge in [-0.25, -0.2) is 4.39 Å². The topological polar surface area (TPSA) is 34.1 Å². The van der Waals surface area contributed by atoms with Crippen molar-refractivity contribution in [3.8, 4) is 16.9 Å². The van der Waals surface area contributed by atoms with E-state index in [1.165, 1.54) is 0 Å². The van der Waals surface area contributed by atoms with E-state index in [-0.39, 0.29) is 11.4 Å². The SMILES string of the molecule is Cc1c(-c2cc(F)c3c(c2)CCC2(CCNCC2)O3)ccc2cccnc12. The zero-order chi connectivity index (χ0) is 18.4. The average Bonchev–Trinajstić information content (AvgIpc) is 2.70. The molecule has 3 nitrogen and oxygen atoms in total.